The van der Waals surface area contributed by atoms with Crippen LogP contribution < -0.4 is 14.4 Å². The van der Waals surface area contributed by atoms with Gasteiger partial charge in [-0.1, -0.05) is 0 Å². The topological polar surface area (TPSA) is 74.7 Å². The van der Waals surface area contributed by atoms with E-state index in [-0.39, 0.29) is 42.1 Å². The average Bonchev–Trinajstić information content (AvgIpc) is 3.23. The van der Waals surface area contributed by atoms with Crippen LogP contribution in [-0.4, -0.2) is 46.5 Å². The van der Waals surface area contributed by atoms with Crippen LogP contribution in [0, 0.1) is 11.8 Å². The summed E-state index contributed by atoms with van der Waals surface area (Å²) >= 11 is 1.90. The Hall–Kier alpha value is -2.26. The van der Waals surface area contributed by atoms with Crippen LogP contribution in [0.3, 0.4) is 0 Å². The SMILES string of the molecule is CC(F)(F)CCC1CN(C2CC3C(C2)C3(F)F)c2cc(C(F)(F)F)c(OCc3scnc3C(=O)O)cc2SN1. The summed E-state index contributed by atoms with van der Waals surface area (Å²) in [6.45, 7) is 0.394. The number of halogens is 7. The van der Waals surface area contributed by atoms with Crippen molar-refractivity contribution in [2.24, 2.45) is 11.8 Å². The van der Waals surface area contributed by atoms with Crippen molar-refractivity contribution in [3.05, 3.63) is 33.8 Å². The molecule has 3 unspecified atom stereocenters. The van der Waals surface area contributed by atoms with Gasteiger partial charge in [0.15, 0.2) is 5.69 Å². The number of carboxylic acid groups (broad SMARTS) is 1. The van der Waals surface area contributed by atoms with Gasteiger partial charge in [-0.15, -0.1) is 11.3 Å². The number of aromatic nitrogens is 1. The summed E-state index contributed by atoms with van der Waals surface area (Å²) in [6.07, 6.45) is -5.08. The molecule has 3 aliphatic rings. The molecule has 1 aromatic heterocycles. The second kappa shape index (κ2) is 9.98. The van der Waals surface area contributed by atoms with Gasteiger partial charge in [0.05, 0.1) is 21.6 Å². The average molecular weight is 600 g/mol. The van der Waals surface area contributed by atoms with Gasteiger partial charge in [0.1, 0.15) is 12.4 Å². The van der Waals surface area contributed by atoms with Crippen molar-refractivity contribution >= 4 is 34.9 Å². The van der Waals surface area contributed by atoms with Crippen LogP contribution in [0.25, 0.3) is 0 Å². The first-order valence-corrected chi connectivity index (χ1v) is 13.8. The maximum absolute atomic E-state index is 14.2. The lowest BCUT2D eigenvalue weighted by atomic mass is 10.0. The Morgan fingerprint density at radius 3 is 2.54 bits per heavy atom. The molecule has 1 aliphatic heterocycles. The second-order valence-electron chi connectivity index (χ2n) is 10.2. The fraction of sp³-hybridized carbons (Fsp3) is 0.583. The predicted molar refractivity (Wildman–Crippen MR) is 130 cm³/mol. The first-order chi connectivity index (χ1) is 18.1. The highest BCUT2D eigenvalue weighted by molar-refractivity contribution is 7.97. The highest BCUT2D eigenvalue weighted by atomic mass is 32.2. The summed E-state index contributed by atoms with van der Waals surface area (Å²) in [4.78, 5) is 17.1. The number of anilines is 1. The number of nitrogens with zero attached hydrogens (tertiary/aromatic N) is 2. The monoisotopic (exact) mass is 599 g/mol. The molecule has 2 aromatic rings. The summed E-state index contributed by atoms with van der Waals surface area (Å²) in [5, 5.41) is 9.23. The molecule has 2 fully saturated rings. The van der Waals surface area contributed by atoms with E-state index in [4.69, 9.17) is 4.74 Å². The van der Waals surface area contributed by atoms with Gasteiger partial charge in [0, 0.05) is 41.8 Å². The Balaban J connectivity index is 1.47. The van der Waals surface area contributed by atoms with Gasteiger partial charge in [-0.2, -0.15) is 13.2 Å². The van der Waals surface area contributed by atoms with Crippen LogP contribution in [0.2, 0.25) is 0 Å². The Bertz CT molecular complexity index is 1240. The van der Waals surface area contributed by atoms with Gasteiger partial charge in [-0.05, 0) is 50.3 Å². The smallest absolute Gasteiger partial charge is 0.420 e. The van der Waals surface area contributed by atoms with Crippen molar-refractivity contribution in [2.45, 2.75) is 74.2 Å². The molecule has 0 radical (unpaired) electrons. The Kier molecular flexibility index (Phi) is 7.24. The molecular weight excluding hydrogens is 575 g/mol. The van der Waals surface area contributed by atoms with E-state index in [1.54, 1.807) is 4.90 Å². The van der Waals surface area contributed by atoms with E-state index in [0.717, 1.165) is 36.3 Å². The van der Waals surface area contributed by atoms with Crippen molar-refractivity contribution in [3.8, 4) is 5.75 Å². The number of rotatable bonds is 8. The molecule has 15 heteroatoms. The summed E-state index contributed by atoms with van der Waals surface area (Å²) < 4.78 is 106. The molecule has 214 valence electrons. The minimum Gasteiger partial charge on any atom is -0.487 e. The number of thiazole rings is 1. The zero-order valence-electron chi connectivity index (χ0n) is 20.4. The third kappa shape index (κ3) is 5.80. The van der Waals surface area contributed by atoms with Crippen molar-refractivity contribution < 1.29 is 45.4 Å². The van der Waals surface area contributed by atoms with Crippen molar-refractivity contribution in [2.75, 3.05) is 11.4 Å². The normalized spacial score (nSPS) is 26.1. The molecule has 0 bridgehead atoms. The standard InChI is InChI=1S/C24H24F7N3O3S2/c1-22(25,26)3-2-11-8-34(12-4-13-14(5-12)23(13,27)28)16-6-15(24(29,30)31)17(7-18(16)39-33-11)37-9-19-20(21(35)36)32-10-38-19/h6-7,10-14,33H,2-5,8-9H2,1H3,(H,35,36). The van der Waals surface area contributed by atoms with Crippen LogP contribution in [0.15, 0.2) is 22.5 Å². The maximum atomic E-state index is 14.2. The Labute approximate surface area is 227 Å². The zero-order chi connectivity index (χ0) is 28.3. The number of hydrogen-bond acceptors (Lipinski definition) is 7. The van der Waals surface area contributed by atoms with Gasteiger partial charge >= 0.3 is 12.1 Å². The first-order valence-electron chi connectivity index (χ1n) is 12.1. The highest BCUT2D eigenvalue weighted by Crippen LogP contribution is 2.65. The molecule has 2 heterocycles. The molecule has 39 heavy (non-hydrogen) atoms. The van der Waals surface area contributed by atoms with E-state index in [1.165, 1.54) is 11.6 Å². The lowest BCUT2D eigenvalue weighted by Gasteiger charge is -2.35. The first kappa shape index (κ1) is 28.3. The van der Waals surface area contributed by atoms with Crippen LogP contribution >= 0.6 is 23.3 Å². The lowest BCUT2D eigenvalue weighted by molar-refractivity contribution is -0.139. The number of aromatic carboxylic acids is 1. The van der Waals surface area contributed by atoms with Crippen molar-refractivity contribution in [1.29, 1.82) is 0 Å². The van der Waals surface area contributed by atoms with Gasteiger partial charge < -0.3 is 14.7 Å². The zero-order valence-corrected chi connectivity index (χ0v) is 22.0. The molecule has 6 nitrogen and oxygen atoms in total. The van der Waals surface area contributed by atoms with Gasteiger partial charge in [0.2, 0.25) is 5.92 Å². The molecule has 0 saturated heterocycles. The van der Waals surface area contributed by atoms with Crippen LogP contribution in [0.1, 0.15) is 53.5 Å². The number of alkyl halides is 7. The third-order valence-electron chi connectivity index (χ3n) is 7.42. The summed E-state index contributed by atoms with van der Waals surface area (Å²) in [5.74, 6) is -9.26. The van der Waals surface area contributed by atoms with Gasteiger partial charge in [-0.3, -0.25) is 4.72 Å². The Morgan fingerprint density at radius 2 is 1.92 bits per heavy atom. The number of benzene rings is 1. The van der Waals surface area contributed by atoms with E-state index in [9.17, 15) is 40.6 Å². The summed E-state index contributed by atoms with van der Waals surface area (Å²) in [7, 11) is 0. The van der Waals surface area contributed by atoms with Crippen molar-refractivity contribution in [1.82, 2.24) is 9.71 Å². The number of ether oxygens (including phenoxy) is 1. The molecule has 2 saturated carbocycles. The molecule has 1 aromatic carbocycles. The van der Waals surface area contributed by atoms with E-state index < -0.39 is 72.3 Å². The third-order valence-corrected chi connectivity index (χ3v) is 9.23. The predicted octanol–water partition coefficient (Wildman–Crippen LogP) is 6.70. The summed E-state index contributed by atoms with van der Waals surface area (Å²) in [5.41, 5.74) is -0.0218. The number of carbonyl (C=O) groups is 1. The molecule has 0 spiro atoms. The van der Waals surface area contributed by atoms with Crippen LogP contribution in [0.5, 0.6) is 5.75 Å². The maximum Gasteiger partial charge on any atom is 0.420 e. The van der Waals surface area contributed by atoms with Gasteiger partial charge in [0.25, 0.3) is 5.92 Å². The second-order valence-corrected chi connectivity index (χ2v) is 12.0. The van der Waals surface area contributed by atoms with E-state index in [1.807, 2.05) is 0 Å². The van der Waals surface area contributed by atoms with Gasteiger partial charge in [-0.25, -0.2) is 27.3 Å². The summed E-state index contributed by atoms with van der Waals surface area (Å²) in [6, 6.07) is 1.07. The lowest BCUT2D eigenvalue weighted by Crippen LogP contribution is -2.43. The minimum atomic E-state index is -4.85. The number of hydrogen-bond donors (Lipinski definition) is 2. The quantitative estimate of drug-likeness (QED) is 0.258. The van der Waals surface area contributed by atoms with E-state index in [2.05, 4.69) is 9.71 Å². The van der Waals surface area contributed by atoms with Crippen LogP contribution in [0.4, 0.5) is 36.4 Å². The van der Waals surface area contributed by atoms with E-state index in [0.29, 0.717) is 4.90 Å². The highest BCUT2D eigenvalue weighted by Gasteiger charge is 2.72. The number of carboxylic acids is 1. The Morgan fingerprint density at radius 1 is 1.23 bits per heavy atom. The molecule has 3 atom stereocenters. The molecule has 5 rings (SSSR count). The minimum absolute atomic E-state index is 0.0234. The number of nitrogens with one attached hydrogen (secondary N) is 1. The molecule has 2 N–H and O–H groups in total. The molecular formula is C24H24F7N3O3S2. The fourth-order valence-corrected chi connectivity index (χ4v) is 6.97. The van der Waals surface area contributed by atoms with E-state index >= 15 is 0 Å². The van der Waals surface area contributed by atoms with Crippen molar-refractivity contribution in [3.63, 3.8) is 0 Å². The fourth-order valence-electron chi connectivity index (χ4n) is 5.37. The number of fused-ring (bicyclic) bond motifs is 2. The molecule has 0 amide bonds. The largest absolute Gasteiger partial charge is 0.487 e. The van der Waals surface area contributed by atoms with Crippen LogP contribution in [-0.2, 0) is 12.8 Å². The molecule has 2 aliphatic carbocycles.